The van der Waals surface area contributed by atoms with E-state index in [1.165, 1.54) is 5.56 Å². The molecule has 5 heteroatoms. The van der Waals surface area contributed by atoms with Gasteiger partial charge in [0.05, 0.1) is 0 Å². The molecule has 0 unspecified atom stereocenters. The number of rotatable bonds is 6. The van der Waals surface area contributed by atoms with Crippen molar-refractivity contribution < 1.29 is 9.59 Å². The number of halogens is 1. The summed E-state index contributed by atoms with van der Waals surface area (Å²) in [7, 11) is 0. The minimum atomic E-state index is -0.142. The number of carbonyl (C=O) groups is 2. The van der Waals surface area contributed by atoms with Crippen LogP contribution in [0.25, 0.3) is 0 Å². The van der Waals surface area contributed by atoms with Gasteiger partial charge in [-0.15, -0.1) is 0 Å². The summed E-state index contributed by atoms with van der Waals surface area (Å²) in [6.07, 6.45) is 3.54. The number of nitrogens with one attached hydrogen (secondary N) is 1. The average Bonchev–Trinajstić information content (AvgIpc) is 2.69. The Labute approximate surface area is 169 Å². The lowest BCUT2D eigenvalue weighted by Crippen LogP contribution is -2.40. The van der Waals surface area contributed by atoms with Crippen molar-refractivity contribution in [2.24, 2.45) is 5.92 Å². The standard InChI is InChI=1S/C22H25BrN2O2/c23-20-8-6-19(7-9-20)22(27)24-13-10-21(26)25-14-11-18(12-15-25)16-17-4-2-1-3-5-17/h1-9,18H,10-16H2,(H,24,27). The predicted molar refractivity (Wildman–Crippen MR) is 111 cm³/mol. The van der Waals surface area contributed by atoms with Gasteiger partial charge in [0.2, 0.25) is 5.91 Å². The fourth-order valence-corrected chi connectivity index (χ4v) is 3.74. The van der Waals surface area contributed by atoms with E-state index in [0.717, 1.165) is 36.8 Å². The Morgan fingerprint density at radius 2 is 1.67 bits per heavy atom. The highest BCUT2D eigenvalue weighted by Gasteiger charge is 2.22. The second kappa shape index (κ2) is 9.70. The normalized spacial score (nSPS) is 14.8. The number of carbonyl (C=O) groups excluding carboxylic acids is 2. The number of amides is 2. The summed E-state index contributed by atoms with van der Waals surface area (Å²) >= 11 is 3.35. The topological polar surface area (TPSA) is 49.4 Å². The summed E-state index contributed by atoms with van der Waals surface area (Å²) < 4.78 is 0.935. The number of hydrogen-bond donors (Lipinski definition) is 1. The quantitative estimate of drug-likeness (QED) is 0.754. The van der Waals surface area contributed by atoms with Crippen molar-refractivity contribution in [3.8, 4) is 0 Å². The first-order valence-electron chi connectivity index (χ1n) is 9.47. The van der Waals surface area contributed by atoms with Gasteiger partial charge in [0.1, 0.15) is 0 Å². The molecule has 3 rings (SSSR count). The largest absolute Gasteiger partial charge is 0.352 e. The molecule has 0 bridgehead atoms. The summed E-state index contributed by atoms with van der Waals surface area (Å²) in [5.41, 5.74) is 1.98. The van der Waals surface area contributed by atoms with Crippen LogP contribution >= 0.6 is 15.9 Å². The van der Waals surface area contributed by atoms with Gasteiger partial charge in [-0.1, -0.05) is 46.3 Å². The maximum absolute atomic E-state index is 12.4. The maximum atomic E-state index is 12.4. The molecule has 0 aliphatic carbocycles. The Hall–Kier alpha value is -2.14. The molecule has 4 nitrogen and oxygen atoms in total. The first-order chi connectivity index (χ1) is 13.1. The van der Waals surface area contributed by atoms with Gasteiger partial charge >= 0.3 is 0 Å². The summed E-state index contributed by atoms with van der Waals surface area (Å²) in [6.45, 7) is 2.01. The zero-order valence-electron chi connectivity index (χ0n) is 15.4. The molecule has 0 saturated carbocycles. The number of benzene rings is 2. The molecule has 1 heterocycles. The molecular weight excluding hydrogens is 404 g/mol. The molecular formula is C22H25BrN2O2. The van der Waals surface area contributed by atoms with E-state index in [1.54, 1.807) is 12.1 Å². The van der Waals surface area contributed by atoms with Crippen LogP contribution in [0.4, 0.5) is 0 Å². The summed E-state index contributed by atoms with van der Waals surface area (Å²) in [5.74, 6) is 0.634. The van der Waals surface area contributed by atoms with Crippen molar-refractivity contribution in [1.29, 1.82) is 0 Å². The van der Waals surface area contributed by atoms with Gasteiger partial charge in [-0.2, -0.15) is 0 Å². The lowest BCUT2D eigenvalue weighted by Gasteiger charge is -2.32. The van der Waals surface area contributed by atoms with Gasteiger partial charge in [-0.3, -0.25) is 9.59 Å². The first kappa shape index (κ1) is 19.6. The Morgan fingerprint density at radius 3 is 2.33 bits per heavy atom. The molecule has 1 aliphatic rings. The van der Waals surface area contributed by atoms with Crippen LogP contribution in [-0.4, -0.2) is 36.3 Å². The molecule has 142 valence electrons. The number of nitrogens with zero attached hydrogens (tertiary/aromatic N) is 1. The van der Waals surface area contributed by atoms with Crippen molar-refractivity contribution >= 4 is 27.7 Å². The Morgan fingerprint density at radius 1 is 1.00 bits per heavy atom. The van der Waals surface area contributed by atoms with E-state index in [4.69, 9.17) is 0 Å². The van der Waals surface area contributed by atoms with Crippen molar-refractivity contribution in [2.75, 3.05) is 19.6 Å². The molecule has 1 fully saturated rings. The van der Waals surface area contributed by atoms with E-state index in [2.05, 4.69) is 45.5 Å². The van der Waals surface area contributed by atoms with Crippen molar-refractivity contribution in [3.63, 3.8) is 0 Å². The van der Waals surface area contributed by atoms with Crippen LogP contribution in [0.1, 0.15) is 35.2 Å². The number of hydrogen-bond acceptors (Lipinski definition) is 2. The van der Waals surface area contributed by atoms with Crippen LogP contribution in [0.3, 0.4) is 0 Å². The fraction of sp³-hybridized carbons (Fsp3) is 0.364. The maximum Gasteiger partial charge on any atom is 0.251 e. The smallest absolute Gasteiger partial charge is 0.251 e. The van der Waals surface area contributed by atoms with E-state index >= 15 is 0 Å². The second-order valence-corrected chi connectivity index (χ2v) is 7.94. The molecule has 0 radical (unpaired) electrons. The monoisotopic (exact) mass is 428 g/mol. The second-order valence-electron chi connectivity index (χ2n) is 7.03. The minimum Gasteiger partial charge on any atom is -0.352 e. The summed E-state index contributed by atoms with van der Waals surface area (Å²) in [4.78, 5) is 26.4. The summed E-state index contributed by atoms with van der Waals surface area (Å²) in [5, 5.41) is 2.83. The van der Waals surface area contributed by atoms with Crippen LogP contribution in [0.2, 0.25) is 0 Å². The molecule has 0 atom stereocenters. The minimum absolute atomic E-state index is 0.129. The number of likely N-dealkylation sites (tertiary alicyclic amines) is 1. The van der Waals surface area contributed by atoms with Gasteiger partial charge in [-0.25, -0.2) is 0 Å². The Kier molecular flexibility index (Phi) is 7.04. The van der Waals surface area contributed by atoms with Gasteiger partial charge in [0.25, 0.3) is 5.91 Å². The van der Waals surface area contributed by atoms with Gasteiger partial charge in [0, 0.05) is 36.1 Å². The highest BCUT2D eigenvalue weighted by atomic mass is 79.9. The van der Waals surface area contributed by atoms with Crippen LogP contribution < -0.4 is 5.32 Å². The lowest BCUT2D eigenvalue weighted by molar-refractivity contribution is -0.132. The third kappa shape index (κ3) is 5.93. The SMILES string of the molecule is O=C(NCCC(=O)N1CCC(Cc2ccccc2)CC1)c1ccc(Br)cc1. The molecule has 2 aromatic carbocycles. The Bertz CT molecular complexity index is 754. The predicted octanol–water partition coefficient (Wildman–Crippen LogP) is 4.05. The van der Waals surface area contributed by atoms with Crippen LogP contribution in [0.15, 0.2) is 59.1 Å². The molecule has 2 aromatic rings. The van der Waals surface area contributed by atoms with Crippen molar-refractivity contribution in [1.82, 2.24) is 10.2 Å². The van der Waals surface area contributed by atoms with Crippen molar-refractivity contribution in [3.05, 3.63) is 70.2 Å². The summed E-state index contributed by atoms with van der Waals surface area (Å²) in [6, 6.07) is 17.7. The molecule has 2 amide bonds. The van der Waals surface area contributed by atoms with Gasteiger partial charge in [0.15, 0.2) is 0 Å². The lowest BCUT2D eigenvalue weighted by atomic mass is 9.90. The molecule has 27 heavy (non-hydrogen) atoms. The van der Waals surface area contributed by atoms with E-state index in [-0.39, 0.29) is 11.8 Å². The molecule has 1 saturated heterocycles. The van der Waals surface area contributed by atoms with Crippen molar-refractivity contribution in [2.45, 2.75) is 25.7 Å². The fourth-order valence-electron chi connectivity index (χ4n) is 3.48. The Balaban J connectivity index is 1.37. The van der Waals surface area contributed by atoms with Crippen LogP contribution in [0, 0.1) is 5.92 Å². The van der Waals surface area contributed by atoms with Gasteiger partial charge < -0.3 is 10.2 Å². The highest BCUT2D eigenvalue weighted by molar-refractivity contribution is 9.10. The van der Waals surface area contributed by atoms with Crippen LogP contribution in [0.5, 0.6) is 0 Å². The molecule has 0 aromatic heterocycles. The third-order valence-corrected chi connectivity index (χ3v) is 5.59. The van der Waals surface area contributed by atoms with E-state index < -0.39 is 0 Å². The van der Waals surface area contributed by atoms with E-state index in [9.17, 15) is 9.59 Å². The molecule has 0 spiro atoms. The van der Waals surface area contributed by atoms with E-state index in [0.29, 0.717) is 24.4 Å². The first-order valence-corrected chi connectivity index (χ1v) is 10.3. The number of piperidine rings is 1. The van der Waals surface area contributed by atoms with Gasteiger partial charge in [-0.05, 0) is 55.0 Å². The molecule has 1 N–H and O–H groups in total. The molecule has 1 aliphatic heterocycles. The third-order valence-electron chi connectivity index (χ3n) is 5.07. The van der Waals surface area contributed by atoms with Crippen LogP contribution in [-0.2, 0) is 11.2 Å². The zero-order valence-corrected chi connectivity index (χ0v) is 17.0. The average molecular weight is 429 g/mol. The highest BCUT2D eigenvalue weighted by Crippen LogP contribution is 2.22. The zero-order chi connectivity index (χ0) is 19.1. The van der Waals surface area contributed by atoms with E-state index in [1.807, 2.05) is 23.1 Å².